The fraction of sp³-hybridized carbons (Fsp3) is 0. The molecule has 0 fully saturated rings. The van der Waals surface area contributed by atoms with Crippen molar-refractivity contribution in [2.45, 2.75) is 4.90 Å². The zero-order chi connectivity index (χ0) is 14.8. The first-order valence-corrected chi connectivity index (χ1v) is 7.70. The highest BCUT2D eigenvalue weighted by Gasteiger charge is 2.17. The monoisotopic (exact) mass is 378 g/mol. The Morgan fingerprint density at radius 3 is 2.50 bits per heavy atom. The molecule has 2 aromatic rings. The van der Waals surface area contributed by atoms with Crippen molar-refractivity contribution >= 4 is 49.2 Å². The van der Waals surface area contributed by atoms with Gasteiger partial charge in [-0.15, -0.1) is 0 Å². The second kappa shape index (κ2) is 5.87. The Labute approximate surface area is 127 Å². The number of nitrogens with two attached hydrogens (primary N) is 1. The average Bonchev–Trinajstić information content (AvgIpc) is 2.41. The summed E-state index contributed by atoms with van der Waals surface area (Å²) >= 11 is 8.93. The first kappa shape index (κ1) is 14.9. The van der Waals surface area contributed by atoms with E-state index in [4.69, 9.17) is 17.4 Å². The van der Waals surface area contributed by atoms with Crippen LogP contribution in [0.3, 0.4) is 0 Å². The molecular formula is C9H8BrClN6O2S. The molecule has 4 N–H and O–H groups in total. The van der Waals surface area contributed by atoms with Crippen molar-refractivity contribution in [3.05, 3.63) is 34.3 Å². The summed E-state index contributed by atoms with van der Waals surface area (Å²) in [6, 6.07) is 1.22. The maximum absolute atomic E-state index is 12.1. The molecule has 11 heteroatoms. The molecule has 0 bridgehead atoms. The van der Waals surface area contributed by atoms with Gasteiger partial charge < -0.3 is 5.43 Å². The predicted molar refractivity (Wildman–Crippen MR) is 77.6 cm³/mol. The van der Waals surface area contributed by atoms with Gasteiger partial charge in [0.1, 0.15) is 9.50 Å². The van der Waals surface area contributed by atoms with Gasteiger partial charge in [-0.3, -0.25) is 4.72 Å². The Kier molecular flexibility index (Phi) is 4.38. The van der Waals surface area contributed by atoms with Gasteiger partial charge in [0.15, 0.2) is 11.6 Å². The number of hydrogen-bond donors (Lipinski definition) is 3. The third-order valence-corrected chi connectivity index (χ3v) is 4.14. The molecule has 2 heterocycles. The number of sulfonamides is 1. The summed E-state index contributed by atoms with van der Waals surface area (Å²) in [6.45, 7) is 0. The molecule has 20 heavy (non-hydrogen) atoms. The maximum Gasteiger partial charge on any atom is 0.264 e. The van der Waals surface area contributed by atoms with Crippen LogP contribution in [0.5, 0.6) is 0 Å². The number of pyridine rings is 1. The Morgan fingerprint density at radius 1 is 1.20 bits per heavy atom. The van der Waals surface area contributed by atoms with Crippen LogP contribution >= 0.6 is 27.5 Å². The van der Waals surface area contributed by atoms with Gasteiger partial charge in [0.05, 0.1) is 17.4 Å². The van der Waals surface area contributed by atoms with Crippen LogP contribution < -0.4 is 16.0 Å². The number of hydrogen-bond acceptors (Lipinski definition) is 7. The topological polar surface area (TPSA) is 123 Å². The molecule has 0 amide bonds. The van der Waals surface area contributed by atoms with E-state index in [9.17, 15) is 8.42 Å². The molecule has 8 nitrogen and oxygen atoms in total. The summed E-state index contributed by atoms with van der Waals surface area (Å²) in [4.78, 5) is 11.4. The Morgan fingerprint density at radius 2 is 1.95 bits per heavy atom. The lowest BCUT2D eigenvalue weighted by molar-refractivity contribution is 0.600. The average molecular weight is 380 g/mol. The molecule has 0 spiro atoms. The summed E-state index contributed by atoms with van der Waals surface area (Å²) in [5, 5.41) is 0.0808. The van der Waals surface area contributed by atoms with Crippen molar-refractivity contribution in [2.24, 2.45) is 5.84 Å². The number of halogens is 2. The van der Waals surface area contributed by atoms with Crippen molar-refractivity contribution in [3.63, 3.8) is 0 Å². The molecule has 0 unspecified atom stereocenters. The lowest BCUT2D eigenvalue weighted by atomic mass is 10.5. The second-order valence-electron chi connectivity index (χ2n) is 3.48. The fourth-order valence-electron chi connectivity index (χ4n) is 1.24. The van der Waals surface area contributed by atoms with E-state index in [-0.39, 0.29) is 21.6 Å². The lowest BCUT2D eigenvalue weighted by Crippen LogP contribution is -2.15. The van der Waals surface area contributed by atoms with Gasteiger partial charge in [-0.1, -0.05) is 11.6 Å². The normalized spacial score (nSPS) is 11.2. The van der Waals surface area contributed by atoms with Crippen LogP contribution in [0.25, 0.3) is 0 Å². The quantitative estimate of drug-likeness (QED) is 0.541. The molecule has 0 aliphatic carbocycles. The van der Waals surface area contributed by atoms with E-state index in [2.05, 4.69) is 41.0 Å². The van der Waals surface area contributed by atoms with Gasteiger partial charge in [-0.05, 0) is 22.0 Å². The van der Waals surface area contributed by atoms with Gasteiger partial charge in [-0.2, -0.15) is 0 Å². The summed E-state index contributed by atoms with van der Waals surface area (Å²) in [7, 11) is -3.86. The molecular weight excluding hydrogens is 372 g/mol. The fourth-order valence-corrected chi connectivity index (χ4v) is 2.69. The molecule has 0 atom stereocenters. The van der Waals surface area contributed by atoms with E-state index in [1.165, 1.54) is 18.5 Å². The Hall–Kier alpha value is -1.49. The van der Waals surface area contributed by atoms with E-state index in [1.807, 2.05) is 0 Å². The van der Waals surface area contributed by atoms with Crippen molar-refractivity contribution in [1.82, 2.24) is 15.0 Å². The van der Waals surface area contributed by atoms with Crippen molar-refractivity contribution in [3.8, 4) is 0 Å². The number of nitrogens with zero attached hydrogens (tertiary/aromatic N) is 3. The molecule has 0 saturated heterocycles. The van der Waals surface area contributed by atoms with Gasteiger partial charge in [0.25, 0.3) is 10.0 Å². The summed E-state index contributed by atoms with van der Waals surface area (Å²) in [5.74, 6) is 5.41. The molecule has 2 aromatic heterocycles. The third kappa shape index (κ3) is 3.33. The van der Waals surface area contributed by atoms with Crippen molar-refractivity contribution in [2.75, 3.05) is 10.1 Å². The summed E-state index contributed by atoms with van der Waals surface area (Å²) in [6.07, 6.45) is 3.76. The van der Waals surface area contributed by atoms with Gasteiger partial charge >= 0.3 is 0 Å². The van der Waals surface area contributed by atoms with Crippen LogP contribution in [0.15, 0.2) is 34.2 Å². The first-order chi connectivity index (χ1) is 9.42. The van der Waals surface area contributed by atoms with Gasteiger partial charge in [-0.25, -0.2) is 29.2 Å². The highest BCUT2D eigenvalue weighted by atomic mass is 79.9. The van der Waals surface area contributed by atoms with Crippen LogP contribution in [0, 0.1) is 0 Å². The minimum Gasteiger partial charge on any atom is -0.307 e. The van der Waals surface area contributed by atoms with E-state index < -0.39 is 10.0 Å². The Bertz CT molecular complexity index is 724. The standard InChI is InChI=1S/C9H8BrClN6O2S/c10-7-3-14-8(4-13-7)17-20(18,19)5-1-6(11)9(16-12)15-2-5/h1-4H,12H2,(H,14,17)(H,15,16). The number of aromatic nitrogens is 3. The van der Waals surface area contributed by atoms with Crippen LogP contribution in [0.2, 0.25) is 5.02 Å². The summed E-state index contributed by atoms with van der Waals surface area (Å²) < 4.78 is 26.9. The largest absolute Gasteiger partial charge is 0.307 e. The lowest BCUT2D eigenvalue weighted by Gasteiger charge is -2.08. The molecule has 0 aromatic carbocycles. The molecule has 0 saturated carbocycles. The van der Waals surface area contributed by atoms with Gasteiger partial charge in [0, 0.05) is 6.20 Å². The number of anilines is 2. The van der Waals surface area contributed by atoms with Crippen LogP contribution in [-0.4, -0.2) is 23.4 Å². The van der Waals surface area contributed by atoms with Gasteiger partial charge in [0.2, 0.25) is 0 Å². The van der Waals surface area contributed by atoms with E-state index in [0.717, 1.165) is 6.20 Å². The third-order valence-electron chi connectivity index (χ3n) is 2.12. The predicted octanol–water partition coefficient (Wildman–Crippen LogP) is 1.37. The Balaban J connectivity index is 2.30. The van der Waals surface area contributed by atoms with Crippen molar-refractivity contribution < 1.29 is 8.42 Å². The van der Waals surface area contributed by atoms with Crippen LogP contribution in [0.4, 0.5) is 11.6 Å². The molecule has 0 aliphatic rings. The van der Waals surface area contributed by atoms with Crippen LogP contribution in [0.1, 0.15) is 0 Å². The number of nitrogen functional groups attached to an aromatic ring is 1. The SMILES string of the molecule is NNc1ncc(S(=O)(=O)Nc2cnc(Br)cn2)cc1Cl. The highest BCUT2D eigenvalue weighted by Crippen LogP contribution is 2.22. The smallest absolute Gasteiger partial charge is 0.264 e. The van der Waals surface area contributed by atoms with E-state index in [1.54, 1.807) is 0 Å². The first-order valence-electron chi connectivity index (χ1n) is 5.05. The minimum atomic E-state index is -3.86. The van der Waals surface area contributed by atoms with E-state index in [0.29, 0.717) is 4.60 Å². The molecule has 106 valence electrons. The van der Waals surface area contributed by atoms with Crippen molar-refractivity contribution in [1.29, 1.82) is 0 Å². The molecule has 0 aliphatic heterocycles. The summed E-state index contributed by atoms with van der Waals surface area (Å²) in [5.41, 5.74) is 2.24. The maximum atomic E-state index is 12.1. The second-order valence-corrected chi connectivity index (χ2v) is 6.38. The molecule has 2 rings (SSSR count). The highest BCUT2D eigenvalue weighted by molar-refractivity contribution is 9.10. The van der Waals surface area contributed by atoms with Crippen LogP contribution in [-0.2, 0) is 10.0 Å². The number of nitrogens with one attached hydrogen (secondary N) is 2. The molecule has 0 radical (unpaired) electrons. The zero-order valence-corrected chi connectivity index (χ0v) is 12.9. The van der Waals surface area contributed by atoms with E-state index >= 15 is 0 Å². The number of rotatable bonds is 4. The zero-order valence-electron chi connectivity index (χ0n) is 9.71. The minimum absolute atomic E-state index is 0.0744. The number of hydrazine groups is 1.